The number of aryl methyl sites for hydroxylation is 2. The SMILES string of the molecule is Cc1nn(C)c2sc(C(=O)NCCOCC(F)F)c(N)c12. The van der Waals surface area contributed by atoms with Gasteiger partial charge in [0.05, 0.1) is 23.4 Å². The molecule has 0 fully saturated rings. The van der Waals surface area contributed by atoms with Crippen LogP contribution in [0.25, 0.3) is 10.2 Å². The van der Waals surface area contributed by atoms with Gasteiger partial charge in [0.15, 0.2) is 0 Å². The number of thiophene rings is 1. The summed E-state index contributed by atoms with van der Waals surface area (Å²) in [5.41, 5.74) is 7.15. The van der Waals surface area contributed by atoms with E-state index in [0.717, 1.165) is 15.9 Å². The van der Waals surface area contributed by atoms with Gasteiger partial charge in [-0.1, -0.05) is 0 Å². The number of halogens is 2. The number of rotatable bonds is 6. The van der Waals surface area contributed by atoms with Gasteiger partial charge in [-0.05, 0) is 6.92 Å². The normalized spacial score (nSPS) is 11.5. The minimum Gasteiger partial charge on any atom is -0.397 e. The highest BCUT2D eigenvalue weighted by molar-refractivity contribution is 7.21. The molecule has 0 unspecified atom stereocenters. The highest BCUT2D eigenvalue weighted by atomic mass is 32.1. The number of nitrogens with zero attached hydrogens (tertiary/aromatic N) is 2. The van der Waals surface area contributed by atoms with E-state index < -0.39 is 13.0 Å². The molecule has 2 rings (SSSR count). The standard InChI is InChI=1S/C12H16F2N4O2S/c1-6-8-9(15)10(21-12(8)18(2)17-6)11(19)16-3-4-20-5-7(13)14/h7H,3-5,15H2,1-2H3,(H,16,19). The van der Waals surface area contributed by atoms with Crippen molar-refractivity contribution < 1.29 is 18.3 Å². The molecular formula is C12H16F2N4O2S. The van der Waals surface area contributed by atoms with Crippen molar-refractivity contribution in [2.75, 3.05) is 25.5 Å². The Morgan fingerprint density at radius 3 is 2.90 bits per heavy atom. The zero-order valence-corrected chi connectivity index (χ0v) is 12.5. The van der Waals surface area contributed by atoms with Crippen LogP contribution in [0.4, 0.5) is 14.5 Å². The largest absolute Gasteiger partial charge is 0.397 e. The molecule has 0 aliphatic carbocycles. The van der Waals surface area contributed by atoms with Gasteiger partial charge in [0, 0.05) is 13.6 Å². The maximum absolute atomic E-state index is 12.0. The van der Waals surface area contributed by atoms with Crippen LogP contribution in [0.3, 0.4) is 0 Å². The zero-order valence-electron chi connectivity index (χ0n) is 11.7. The Hall–Kier alpha value is -1.74. The Labute approximate surface area is 123 Å². The summed E-state index contributed by atoms with van der Waals surface area (Å²) >= 11 is 1.25. The number of aromatic nitrogens is 2. The topological polar surface area (TPSA) is 82.2 Å². The minimum atomic E-state index is -2.51. The van der Waals surface area contributed by atoms with Gasteiger partial charge in [0.2, 0.25) is 0 Å². The quantitative estimate of drug-likeness (QED) is 0.792. The Bertz CT molecular complexity index is 653. The van der Waals surface area contributed by atoms with Crippen molar-refractivity contribution in [2.24, 2.45) is 7.05 Å². The smallest absolute Gasteiger partial charge is 0.263 e. The predicted molar refractivity (Wildman–Crippen MR) is 76.9 cm³/mol. The van der Waals surface area contributed by atoms with Gasteiger partial charge >= 0.3 is 0 Å². The molecule has 0 radical (unpaired) electrons. The fourth-order valence-electron chi connectivity index (χ4n) is 1.99. The van der Waals surface area contributed by atoms with E-state index in [2.05, 4.69) is 15.2 Å². The molecule has 0 aliphatic rings. The summed E-state index contributed by atoms with van der Waals surface area (Å²) in [7, 11) is 1.78. The Morgan fingerprint density at radius 1 is 1.57 bits per heavy atom. The number of anilines is 1. The first-order chi connectivity index (χ1) is 9.91. The van der Waals surface area contributed by atoms with Gasteiger partial charge in [-0.2, -0.15) is 5.10 Å². The second-order valence-electron chi connectivity index (χ2n) is 4.46. The predicted octanol–water partition coefficient (Wildman–Crippen LogP) is 1.54. The first-order valence-corrected chi connectivity index (χ1v) is 7.09. The molecule has 0 spiro atoms. The number of alkyl halides is 2. The van der Waals surface area contributed by atoms with Crippen LogP contribution in [0.2, 0.25) is 0 Å². The van der Waals surface area contributed by atoms with Gasteiger partial charge in [-0.15, -0.1) is 11.3 Å². The lowest BCUT2D eigenvalue weighted by atomic mass is 10.2. The van der Waals surface area contributed by atoms with Crippen molar-refractivity contribution in [2.45, 2.75) is 13.3 Å². The molecule has 0 bridgehead atoms. The Morgan fingerprint density at radius 2 is 2.29 bits per heavy atom. The number of carbonyl (C=O) groups excluding carboxylic acids is 1. The fraction of sp³-hybridized carbons (Fsp3) is 0.500. The number of nitrogens with two attached hydrogens (primary N) is 1. The molecule has 2 heterocycles. The van der Waals surface area contributed by atoms with E-state index in [-0.39, 0.29) is 19.1 Å². The van der Waals surface area contributed by atoms with Crippen molar-refractivity contribution in [3.63, 3.8) is 0 Å². The fourth-order valence-corrected chi connectivity index (χ4v) is 3.09. The second kappa shape index (κ2) is 6.35. The third-order valence-corrected chi connectivity index (χ3v) is 4.14. The van der Waals surface area contributed by atoms with Crippen LogP contribution in [0.5, 0.6) is 0 Å². The number of amides is 1. The lowest BCUT2D eigenvalue weighted by Crippen LogP contribution is -2.27. The highest BCUT2D eigenvalue weighted by Crippen LogP contribution is 2.35. The average molecular weight is 318 g/mol. The van der Waals surface area contributed by atoms with Crippen molar-refractivity contribution in [1.82, 2.24) is 15.1 Å². The molecule has 2 aromatic heterocycles. The van der Waals surface area contributed by atoms with Crippen LogP contribution in [-0.4, -0.2) is 41.9 Å². The Balaban J connectivity index is 2.00. The van der Waals surface area contributed by atoms with Crippen molar-refractivity contribution in [1.29, 1.82) is 0 Å². The highest BCUT2D eigenvalue weighted by Gasteiger charge is 2.20. The molecule has 1 amide bonds. The monoisotopic (exact) mass is 318 g/mol. The van der Waals surface area contributed by atoms with Crippen LogP contribution in [0, 0.1) is 6.92 Å². The molecule has 0 atom stereocenters. The summed E-state index contributed by atoms with van der Waals surface area (Å²) in [6.07, 6.45) is -2.51. The molecule has 0 aromatic carbocycles. The van der Waals surface area contributed by atoms with Crippen LogP contribution in [0.15, 0.2) is 0 Å². The molecule has 116 valence electrons. The number of hydrogen-bond acceptors (Lipinski definition) is 5. The second-order valence-corrected chi connectivity index (χ2v) is 5.46. The van der Waals surface area contributed by atoms with Crippen LogP contribution >= 0.6 is 11.3 Å². The average Bonchev–Trinajstić information content (AvgIpc) is 2.88. The van der Waals surface area contributed by atoms with E-state index in [1.165, 1.54) is 11.3 Å². The van der Waals surface area contributed by atoms with E-state index >= 15 is 0 Å². The van der Waals surface area contributed by atoms with E-state index in [9.17, 15) is 13.6 Å². The van der Waals surface area contributed by atoms with Gasteiger partial charge in [0.1, 0.15) is 16.3 Å². The van der Waals surface area contributed by atoms with E-state index in [1.54, 1.807) is 11.7 Å². The number of fused-ring (bicyclic) bond motifs is 1. The minimum absolute atomic E-state index is 0.0292. The van der Waals surface area contributed by atoms with Gasteiger partial charge in [-0.3, -0.25) is 9.48 Å². The molecule has 6 nitrogen and oxygen atoms in total. The number of carbonyl (C=O) groups is 1. The van der Waals surface area contributed by atoms with Crippen LogP contribution in [-0.2, 0) is 11.8 Å². The Kier molecular flexibility index (Phi) is 4.73. The lowest BCUT2D eigenvalue weighted by Gasteiger charge is -2.05. The van der Waals surface area contributed by atoms with E-state index in [0.29, 0.717) is 10.6 Å². The molecule has 21 heavy (non-hydrogen) atoms. The summed E-state index contributed by atoms with van der Waals surface area (Å²) in [6, 6.07) is 0. The van der Waals surface area contributed by atoms with Crippen molar-refractivity contribution in [3.05, 3.63) is 10.6 Å². The van der Waals surface area contributed by atoms with Crippen molar-refractivity contribution in [3.8, 4) is 0 Å². The van der Waals surface area contributed by atoms with Crippen molar-refractivity contribution >= 4 is 33.1 Å². The van der Waals surface area contributed by atoms with Gasteiger partial charge in [0.25, 0.3) is 12.3 Å². The number of ether oxygens (including phenoxy) is 1. The maximum atomic E-state index is 12.0. The first-order valence-electron chi connectivity index (χ1n) is 6.27. The van der Waals surface area contributed by atoms with E-state index in [4.69, 9.17) is 5.73 Å². The molecule has 9 heteroatoms. The van der Waals surface area contributed by atoms with Crippen LogP contribution < -0.4 is 11.1 Å². The molecule has 0 saturated heterocycles. The van der Waals surface area contributed by atoms with Crippen LogP contribution in [0.1, 0.15) is 15.4 Å². The van der Waals surface area contributed by atoms with Gasteiger partial charge < -0.3 is 15.8 Å². The van der Waals surface area contributed by atoms with Gasteiger partial charge in [-0.25, -0.2) is 8.78 Å². The number of hydrogen-bond donors (Lipinski definition) is 2. The summed E-state index contributed by atoms with van der Waals surface area (Å²) in [5, 5.41) is 7.61. The summed E-state index contributed by atoms with van der Waals surface area (Å²) in [6.45, 7) is 1.37. The third kappa shape index (κ3) is 3.30. The summed E-state index contributed by atoms with van der Waals surface area (Å²) < 4.78 is 30.1. The summed E-state index contributed by atoms with van der Waals surface area (Å²) in [5.74, 6) is -0.339. The van der Waals surface area contributed by atoms with E-state index in [1.807, 2.05) is 6.92 Å². The molecule has 2 aromatic rings. The molecular weight excluding hydrogens is 302 g/mol. The molecule has 3 N–H and O–H groups in total. The number of nitrogen functional groups attached to an aromatic ring is 1. The first kappa shape index (κ1) is 15.6. The molecule has 0 aliphatic heterocycles. The zero-order chi connectivity index (χ0) is 15.6. The lowest BCUT2D eigenvalue weighted by molar-refractivity contribution is 0.0188. The summed E-state index contributed by atoms with van der Waals surface area (Å²) in [4.78, 5) is 13.3. The number of nitrogens with one attached hydrogen (secondary N) is 1. The maximum Gasteiger partial charge on any atom is 0.263 e. The molecule has 0 saturated carbocycles. The third-order valence-electron chi connectivity index (χ3n) is 2.86.